The van der Waals surface area contributed by atoms with Crippen LogP contribution < -0.4 is 5.32 Å². The third-order valence-electron chi connectivity index (χ3n) is 3.23. The molecule has 3 nitrogen and oxygen atoms in total. The van der Waals surface area contributed by atoms with Crippen LogP contribution in [0.5, 0.6) is 0 Å². The van der Waals surface area contributed by atoms with E-state index >= 15 is 0 Å². The van der Waals surface area contributed by atoms with Crippen molar-refractivity contribution in [3.05, 3.63) is 66.5 Å². The molecule has 0 fully saturated rings. The summed E-state index contributed by atoms with van der Waals surface area (Å²) in [4.78, 5) is 4.39. The fraction of sp³-hybridized carbons (Fsp3) is 0.188. The molecule has 0 spiro atoms. The third kappa shape index (κ3) is 2.83. The molecular weight excluding hydrogens is 234 g/mol. The van der Waals surface area contributed by atoms with Gasteiger partial charge in [0.05, 0.1) is 17.4 Å². The van der Waals surface area contributed by atoms with Gasteiger partial charge in [-0.1, -0.05) is 42.5 Å². The lowest BCUT2D eigenvalue weighted by Crippen LogP contribution is -2.19. The van der Waals surface area contributed by atoms with Gasteiger partial charge in [-0.3, -0.25) is 0 Å². The molecular formula is C16H17N3. The molecule has 0 unspecified atom stereocenters. The molecule has 19 heavy (non-hydrogen) atoms. The molecule has 0 atom stereocenters. The van der Waals surface area contributed by atoms with Crippen LogP contribution in [0.15, 0.2) is 60.9 Å². The summed E-state index contributed by atoms with van der Waals surface area (Å²) in [6.45, 7) is 2.79. The van der Waals surface area contributed by atoms with Gasteiger partial charge in [-0.25, -0.2) is 4.98 Å². The first-order valence-electron chi connectivity index (χ1n) is 6.58. The summed E-state index contributed by atoms with van der Waals surface area (Å²) < 4.78 is 2.19. The van der Waals surface area contributed by atoms with Crippen LogP contribution >= 0.6 is 0 Å². The van der Waals surface area contributed by atoms with Gasteiger partial charge in [0.25, 0.3) is 0 Å². The van der Waals surface area contributed by atoms with E-state index in [1.807, 2.05) is 24.5 Å². The Morgan fingerprint density at radius 1 is 0.947 bits per heavy atom. The molecule has 3 rings (SSSR count). The molecule has 0 aliphatic heterocycles. The van der Waals surface area contributed by atoms with Crippen LogP contribution in [0.2, 0.25) is 0 Å². The Balaban J connectivity index is 1.55. The molecule has 3 aromatic rings. The first kappa shape index (κ1) is 11.9. The predicted octanol–water partition coefficient (Wildman–Crippen LogP) is 2.83. The van der Waals surface area contributed by atoms with E-state index in [4.69, 9.17) is 0 Å². The average Bonchev–Trinajstić information content (AvgIpc) is 2.88. The fourth-order valence-corrected chi connectivity index (χ4v) is 2.22. The van der Waals surface area contributed by atoms with Crippen molar-refractivity contribution in [3.63, 3.8) is 0 Å². The van der Waals surface area contributed by atoms with Crippen molar-refractivity contribution >= 4 is 11.0 Å². The highest BCUT2D eigenvalue weighted by Gasteiger charge is 2.00. The lowest BCUT2D eigenvalue weighted by Gasteiger charge is -2.06. The zero-order chi connectivity index (χ0) is 12.9. The first-order chi connectivity index (χ1) is 9.43. The summed E-state index contributed by atoms with van der Waals surface area (Å²) in [6, 6.07) is 18.7. The lowest BCUT2D eigenvalue weighted by molar-refractivity contribution is 0.607. The van der Waals surface area contributed by atoms with Gasteiger partial charge in [0.2, 0.25) is 0 Å². The SMILES string of the molecule is c1ccc(CNCCn2cnc3ccccc32)cc1. The number of aromatic nitrogens is 2. The number of hydrogen-bond donors (Lipinski definition) is 1. The summed E-state index contributed by atoms with van der Waals surface area (Å²) in [5.74, 6) is 0. The Labute approximate surface area is 112 Å². The highest BCUT2D eigenvalue weighted by atomic mass is 15.1. The number of nitrogens with zero attached hydrogens (tertiary/aromatic N) is 2. The van der Waals surface area contributed by atoms with E-state index in [1.165, 1.54) is 11.1 Å². The average molecular weight is 251 g/mol. The van der Waals surface area contributed by atoms with E-state index in [0.717, 1.165) is 25.2 Å². The van der Waals surface area contributed by atoms with Crippen LogP contribution in [0.3, 0.4) is 0 Å². The van der Waals surface area contributed by atoms with Crippen LogP contribution in [-0.2, 0) is 13.1 Å². The van der Waals surface area contributed by atoms with Gasteiger partial charge in [0.1, 0.15) is 0 Å². The summed E-state index contributed by atoms with van der Waals surface area (Å²) in [5.41, 5.74) is 3.58. The second kappa shape index (κ2) is 5.67. The number of fused-ring (bicyclic) bond motifs is 1. The maximum Gasteiger partial charge on any atom is 0.0958 e. The molecule has 0 saturated heterocycles. The minimum absolute atomic E-state index is 0.910. The largest absolute Gasteiger partial charge is 0.329 e. The maximum atomic E-state index is 4.39. The van der Waals surface area contributed by atoms with E-state index in [-0.39, 0.29) is 0 Å². The number of para-hydroxylation sites is 2. The lowest BCUT2D eigenvalue weighted by atomic mass is 10.2. The van der Waals surface area contributed by atoms with Gasteiger partial charge in [-0.2, -0.15) is 0 Å². The Morgan fingerprint density at radius 3 is 2.63 bits per heavy atom. The highest BCUT2D eigenvalue weighted by molar-refractivity contribution is 5.74. The molecule has 0 aliphatic rings. The van der Waals surface area contributed by atoms with E-state index in [0.29, 0.717) is 0 Å². The van der Waals surface area contributed by atoms with E-state index in [1.54, 1.807) is 0 Å². The van der Waals surface area contributed by atoms with Crippen molar-refractivity contribution in [3.8, 4) is 0 Å². The zero-order valence-corrected chi connectivity index (χ0v) is 10.8. The maximum absolute atomic E-state index is 4.39. The summed E-state index contributed by atoms with van der Waals surface area (Å²) in [7, 11) is 0. The van der Waals surface area contributed by atoms with E-state index in [2.05, 4.69) is 51.3 Å². The molecule has 0 bridgehead atoms. The van der Waals surface area contributed by atoms with Crippen LogP contribution in [0.1, 0.15) is 5.56 Å². The van der Waals surface area contributed by atoms with Crippen LogP contribution in [-0.4, -0.2) is 16.1 Å². The monoisotopic (exact) mass is 251 g/mol. The minimum atomic E-state index is 0.910. The van der Waals surface area contributed by atoms with Gasteiger partial charge in [0, 0.05) is 19.6 Å². The Morgan fingerprint density at radius 2 is 1.74 bits per heavy atom. The molecule has 0 amide bonds. The Bertz CT molecular complexity index is 643. The van der Waals surface area contributed by atoms with Crippen LogP contribution in [0.25, 0.3) is 11.0 Å². The second-order valence-electron chi connectivity index (χ2n) is 4.59. The molecule has 3 heteroatoms. The second-order valence-corrected chi connectivity index (χ2v) is 4.59. The Kier molecular flexibility index (Phi) is 3.56. The Hall–Kier alpha value is -2.13. The van der Waals surface area contributed by atoms with Crippen molar-refractivity contribution in [2.75, 3.05) is 6.54 Å². The van der Waals surface area contributed by atoms with Crippen molar-refractivity contribution in [1.29, 1.82) is 0 Å². The molecule has 1 N–H and O–H groups in total. The quantitative estimate of drug-likeness (QED) is 0.707. The summed E-state index contributed by atoms with van der Waals surface area (Å²) in [6.07, 6.45) is 1.91. The van der Waals surface area contributed by atoms with Gasteiger partial charge in [0.15, 0.2) is 0 Å². The van der Waals surface area contributed by atoms with Gasteiger partial charge in [-0.15, -0.1) is 0 Å². The summed E-state index contributed by atoms with van der Waals surface area (Å²) in [5, 5.41) is 3.46. The topological polar surface area (TPSA) is 29.9 Å². The molecule has 0 radical (unpaired) electrons. The number of benzene rings is 2. The number of rotatable bonds is 5. The minimum Gasteiger partial charge on any atom is -0.329 e. The smallest absolute Gasteiger partial charge is 0.0958 e. The zero-order valence-electron chi connectivity index (χ0n) is 10.8. The molecule has 2 aromatic carbocycles. The predicted molar refractivity (Wildman–Crippen MR) is 77.9 cm³/mol. The molecule has 0 saturated carbocycles. The van der Waals surface area contributed by atoms with Crippen molar-refractivity contribution in [2.45, 2.75) is 13.1 Å². The first-order valence-corrected chi connectivity index (χ1v) is 6.58. The number of imidazole rings is 1. The normalized spacial score (nSPS) is 10.9. The highest BCUT2D eigenvalue weighted by Crippen LogP contribution is 2.11. The summed E-state index contributed by atoms with van der Waals surface area (Å²) >= 11 is 0. The van der Waals surface area contributed by atoms with E-state index < -0.39 is 0 Å². The molecule has 0 aliphatic carbocycles. The number of nitrogens with one attached hydrogen (secondary N) is 1. The van der Waals surface area contributed by atoms with Gasteiger partial charge in [-0.05, 0) is 17.7 Å². The molecule has 1 heterocycles. The van der Waals surface area contributed by atoms with Crippen molar-refractivity contribution in [1.82, 2.24) is 14.9 Å². The standard InChI is InChI=1S/C16H17N3/c1-2-6-14(7-3-1)12-17-10-11-19-13-18-15-8-4-5-9-16(15)19/h1-9,13,17H,10-12H2. The van der Waals surface area contributed by atoms with Crippen molar-refractivity contribution in [2.24, 2.45) is 0 Å². The van der Waals surface area contributed by atoms with Crippen LogP contribution in [0.4, 0.5) is 0 Å². The molecule has 96 valence electrons. The van der Waals surface area contributed by atoms with Gasteiger partial charge < -0.3 is 9.88 Å². The van der Waals surface area contributed by atoms with Gasteiger partial charge >= 0.3 is 0 Å². The third-order valence-corrected chi connectivity index (χ3v) is 3.23. The van der Waals surface area contributed by atoms with Crippen molar-refractivity contribution < 1.29 is 0 Å². The molecule has 1 aromatic heterocycles. The number of hydrogen-bond acceptors (Lipinski definition) is 2. The fourth-order valence-electron chi connectivity index (χ4n) is 2.22. The van der Waals surface area contributed by atoms with E-state index in [9.17, 15) is 0 Å². The van der Waals surface area contributed by atoms with Crippen LogP contribution in [0, 0.1) is 0 Å².